The molecule has 0 spiro atoms. The third-order valence-corrected chi connectivity index (χ3v) is 4.19. The van der Waals surface area contributed by atoms with Gasteiger partial charge in [0.1, 0.15) is 0 Å². The van der Waals surface area contributed by atoms with Crippen LogP contribution in [0.4, 0.5) is 0 Å². The molecule has 4 nitrogen and oxygen atoms in total. The first kappa shape index (κ1) is 15.1. The summed E-state index contributed by atoms with van der Waals surface area (Å²) in [6.45, 7) is 9.88. The number of hydrogen-bond acceptors (Lipinski definition) is 4. The molecule has 1 aromatic rings. The maximum Gasteiger partial charge on any atom is 0.494 e. The molecule has 1 aromatic carbocycles. The zero-order chi connectivity index (χ0) is 15.1. The molecule has 0 radical (unpaired) electrons. The lowest BCUT2D eigenvalue weighted by Crippen LogP contribution is -2.41. The standard InChI is InChI=1S/C15H21BO4/c1-10-7-8-11(9-12(10)13(17)18-6)16-19-14(2,3)15(4,5)20-16/h7-9H,1-6H3. The molecule has 5 heteroatoms. The first-order valence-electron chi connectivity index (χ1n) is 6.72. The maximum atomic E-state index is 11.8. The topological polar surface area (TPSA) is 44.8 Å². The number of aryl methyl sites for hydroxylation is 1. The fraction of sp³-hybridized carbons (Fsp3) is 0.533. The Kier molecular flexibility index (Phi) is 3.69. The molecule has 0 bridgehead atoms. The van der Waals surface area contributed by atoms with E-state index in [0.717, 1.165) is 11.0 Å². The molecular weight excluding hydrogens is 255 g/mol. The molecule has 1 fully saturated rings. The third-order valence-electron chi connectivity index (χ3n) is 4.19. The summed E-state index contributed by atoms with van der Waals surface area (Å²) in [5.41, 5.74) is 1.45. The molecule has 1 aliphatic rings. The molecule has 20 heavy (non-hydrogen) atoms. The second kappa shape index (κ2) is 4.90. The Balaban J connectivity index is 2.34. The fourth-order valence-electron chi connectivity index (χ4n) is 2.10. The number of rotatable bonds is 2. The van der Waals surface area contributed by atoms with Gasteiger partial charge in [-0.3, -0.25) is 0 Å². The van der Waals surface area contributed by atoms with Crippen molar-refractivity contribution in [1.29, 1.82) is 0 Å². The van der Waals surface area contributed by atoms with Crippen molar-refractivity contribution >= 4 is 18.6 Å². The van der Waals surface area contributed by atoms with Gasteiger partial charge in [0, 0.05) is 0 Å². The van der Waals surface area contributed by atoms with Gasteiger partial charge in [-0.25, -0.2) is 4.79 Å². The van der Waals surface area contributed by atoms with Crippen molar-refractivity contribution in [3.05, 3.63) is 29.3 Å². The zero-order valence-corrected chi connectivity index (χ0v) is 12.9. The van der Waals surface area contributed by atoms with Crippen molar-refractivity contribution in [1.82, 2.24) is 0 Å². The normalized spacial score (nSPS) is 20.0. The first-order valence-corrected chi connectivity index (χ1v) is 6.72. The first-order chi connectivity index (χ1) is 9.18. The predicted octanol–water partition coefficient (Wildman–Crippen LogP) is 2.08. The van der Waals surface area contributed by atoms with Crippen LogP contribution in [0, 0.1) is 6.92 Å². The van der Waals surface area contributed by atoms with Gasteiger partial charge in [0.2, 0.25) is 0 Å². The number of carbonyl (C=O) groups excluding carboxylic acids is 1. The SMILES string of the molecule is COC(=O)c1cc(B2OC(C)(C)C(C)(C)O2)ccc1C. The zero-order valence-electron chi connectivity index (χ0n) is 12.9. The molecule has 0 saturated carbocycles. The monoisotopic (exact) mass is 276 g/mol. The number of esters is 1. The minimum Gasteiger partial charge on any atom is -0.465 e. The fourth-order valence-corrected chi connectivity index (χ4v) is 2.10. The van der Waals surface area contributed by atoms with Gasteiger partial charge in [0.25, 0.3) is 0 Å². The van der Waals surface area contributed by atoms with Gasteiger partial charge in [0.15, 0.2) is 0 Å². The minimum absolute atomic E-state index is 0.346. The van der Waals surface area contributed by atoms with E-state index >= 15 is 0 Å². The van der Waals surface area contributed by atoms with Crippen molar-refractivity contribution in [3.8, 4) is 0 Å². The summed E-state index contributed by atoms with van der Waals surface area (Å²) in [5.74, 6) is -0.346. The van der Waals surface area contributed by atoms with Crippen LogP contribution in [0.25, 0.3) is 0 Å². The number of benzene rings is 1. The van der Waals surface area contributed by atoms with Crippen molar-refractivity contribution < 1.29 is 18.8 Å². The number of carbonyl (C=O) groups is 1. The van der Waals surface area contributed by atoms with Gasteiger partial charge in [-0.05, 0) is 51.7 Å². The molecule has 0 aromatic heterocycles. The van der Waals surface area contributed by atoms with Gasteiger partial charge in [-0.15, -0.1) is 0 Å². The van der Waals surface area contributed by atoms with Gasteiger partial charge in [-0.1, -0.05) is 12.1 Å². The summed E-state index contributed by atoms with van der Waals surface area (Å²) >= 11 is 0. The summed E-state index contributed by atoms with van der Waals surface area (Å²) in [7, 11) is 0.910. The van der Waals surface area contributed by atoms with E-state index < -0.39 is 18.3 Å². The quantitative estimate of drug-likeness (QED) is 0.613. The summed E-state index contributed by atoms with van der Waals surface area (Å²) in [5, 5.41) is 0. The lowest BCUT2D eigenvalue weighted by Gasteiger charge is -2.32. The van der Waals surface area contributed by atoms with E-state index in [-0.39, 0.29) is 5.97 Å². The van der Waals surface area contributed by atoms with Gasteiger partial charge < -0.3 is 14.0 Å². The van der Waals surface area contributed by atoms with E-state index in [2.05, 4.69) is 0 Å². The van der Waals surface area contributed by atoms with Crippen LogP contribution >= 0.6 is 0 Å². The Morgan fingerprint density at radius 1 is 1.15 bits per heavy atom. The Hall–Kier alpha value is -1.33. The van der Waals surface area contributed by atoms with E-state index in [1.54, 1.807) is 6.07 Å². The summed E-state index contributed by atoms with van der Waals surface area (Å²) in [6.07, 6.45) is 0. The van der Waals surface area contributed by atoms with Crippen LogP contribution in [-0.2, 0) is 14.0 Å². The Bertz CT molecular complexity index is 521. The largest absolute Gasteiger partial charge is 0.494 e. The summed E-state index contributed by atoms with van der Waals surface area (Å²) in [6, 6.07) is 5.58. The minimum atomic E-state index is -0.469. The van der Waals surface area contributed by atoms with E-state index in [1.165, 1.54) is 7.11 Å². The van der Waals surface area contributed by atoms with E-state index in [9.17, 15) is 4.79 Å². The van der Waals surface area contributed by atoms with Crippen molar-refractivity contribution in [3.63, 3.8) is 0 Å². The van der Waals surface area contributed by atoms with Crippen molar-refractivity contribution in [2.24, 2.45) is 0 Å². The molecule has 0 amide bonds. The van der Waals surface area contributed by atoms with E-state index in [0.29, 0.717) is 5.56 Å². The van der Waals surface area contributed by atoms with Crippen molar-refractivity contribution in [2.45, 2.75) is 45.8 Å². The molecule has 1 heterocycles. The van der Waals surface area contributed by atoms with Crippen LogP contribution in [0.2, 0.25) is 0 Å². The molecule has 0 N–H and O–H groups in total. The molecule has 1 saturated heterocycles. The van der Waals surface area contributed by atoms with E-state index in [1.807, 2.05) is 46.8 Å². The molecule has 0 atom stereocenters. The Morgan fingerprint density at radius 3 is 2.20 bits per heavy atom. The van der Waals surface area contributed by atoms with Crippen LogP contribution < -0.4 is 5.46 Å². The number of methoxy groups -OCH3 is 1. The van der Waals surface area contributed by atoms with Gasteiger partial charge in [-0.2, -0.15) is 0 Å². The van der Waals surface area contributed by atoms with Crippen LogP contribution in [0.5, 0.6) is 0 Å². The Labute approximate surface area is 120 Å². The van der Waals surface area contributed by atoms with E-state index in [4.69, 9.17) is 14.0 Å². The lowest BCUT2D eigenvalue weighted by molar-refractivity contribution is 0.00578. The highest BCUT2D eigenvalue weighted by Gasteiger charge is 2.51. The molecule has 0 unspecified atom stereocenters. The molecule has 108 valence electrons. The average Bonchev–Trinajstić information content (AvgIpc) is 2.58. The molecule has 2 rings (SSSR count). The summed E-state index contributed by atoms with van der Waals surface area (Å²) < 4.78 is 16.8. The van der Waals surface area contributed by atoms with Crippen LogP contribution in [-0.4, -0.2) is 31.4 Å². The number of hydrogen-bond donors (Lipinski definition) is 0. The second-order valence-electron chi connectivity index (χ2n) is 6.15. The van der Waals surface area contributed by atoms with Gasteiger partial charge >= 0.3 is 13.1 Å². The smallest absolute Gasteiger partial charge is 0.465 e. The molecular formula is C15H21BO4. The third kappa shape index (κ3) is 2.48. The molecule has 1 aliphatic heterocycles. The van der Waals surface area contributed by atoms with Crippen molar-refractivity contribution in [2.75, 3.05) is 7.11 Å². The highest BCUT2D eigenvalue weighted by Crippen LogP contribution is 2.36. The second-order valence-corrected chi connectivity index (χ2v) is 6.15. The van der Waals surface area contributed by atoms with Crippen LogP contribution in [0.1, 0.15) is 43.6 Å². The average molecular weight is 276 g/mol. The summed E-state index contributed by atoms with van der Waals surface area (Å²) in [4.78, 5) is 11.8. The highest BCUT2D eigenvalue weighted by atomic mass is 16.7. The van der Waals surface area contributed by atoms with Gasteiger partial charge in [0.05, 0.1) is 23.9 Å². The lowest BCUT2D eigenvalue weighted by atomic mass is 9.78. The molecule has 0 aliphatic carbocycles. The van der Waals surface area contributed by atoms with Crippen LogP contribution in [0.3, 0.4) is 0 Å². The predicted molar refractivity (Wildman–Crippen MR) is 78.2 cm³/mol. The van der Waals surface area contributed by atoms with Crippen LogP contribution in [0.15, 0.2) is 18.2 Å². The highest BCUT2D eigenvalue weighted by molar-refractivity contribution is 6.62. The maximum absolute atomic E-state index is 11.8. The Morgan fingerprint density at radius 2 is 1.70 bits per heavy atom. The number of ether oxygens (including phenoxy) is 1.